The van der Waals surface area contributed by atoms with Crippen LogP contribution in [0.15, 0.2) is 33.4 Å². The molecule has 1 amide bonds. The minimum atomic E-state index is -0.205. The number of amides is 1. The van der Waals surface area contributed by atoms with Crippen molar-refractivity contribution in [3.63, 3.8) is 0 Å². The first-order valence-corrected chi connectivity index (χ1v) is 11.2. The number of carbonyl (C=O) groups excluding carboxylic acids is 1. The molecule has 0 atom stereocenters. The van der Waals surface area contributed by atoms with Gasteiger partial charge in [0.05, 0.1) is 11.1 Å². The molecule has 0 saturated heterocycles. The predicted molar refractivity (Wildman–Crippen MR) is 106 cm³/mol. The Morgan fingerprint density at radius 3 is 2.50 bits per heavy atom. The van der Waals surface area contributed by atoms with E-state index in [0.29, 0.717) is 15.5 Å². The maximum atomic E-state index is 12.6. The van der Waals surface area contributed by atoms with E-state index in [1.807, 2.05) is 18.2 Å². The van der Waals surface area contributed by atoms with E-state index in [-0.39, 0.29) is 17.0 Å². The lowest BCUT2D eigenvalue weighted by atomic mass is 9.53. The zero-order valence-electron chi connectivity index (χ0n) is 14.6. The van der Waals surface area contributed by atoms with Gasteiger partial charge in [0, 0.05) is 10.2 Å². The quantitative estimate of drug-likeness (QED) is 0.811. The molecule has 26 heavy (non-hydrogen) atoms. The zero-order chi connectivity index (χ0) is 17.7. The van der Waals surface area contributed by atoms with Gasteiger partial charge in [-0.1, -0.05) is 23.9 Å². The summed E-state index contributed by atoms with van der Waals surface area (Å²) in [4.78, 5) is 28.9. The highest BCUT2D eigenvalue weighted by molar-refractivity contribution is 8.01. The number of aromatic nitrogens is 1. The second-order valence-electron chi connectivity index (χ2n) is 8.32. The van der Waals surface area contributed by atoms with Crippen molar-refractivity contribution in [1.29, 1.82) is 0 Å². The summed E-state index contributed by atoms with van der Waals surface area (Å²) in [6.07, 6.45) is 7.61. The fourth-order valence-electron chi connectivity index (χ4n) is 5.78. The number of hydrogen-bond donors (Lipinski definition) is 1. The van der Waals surface area contributed by atoms with Gasteiger partial charge >= 0.3 is 0 Å². The van der Waals surface area contributed by atoms with Crippen molar-refractivity contribution >= 4 is 39.1 Å². The summed E-state index contributed by atoms with van der Waals surface area (Å²) in [6.45, 7) is 0. The third-order valence-corrected chi connectivity index (χ3v) is 8.47. The molecule has 4 fully saturated rings. The molecule has 0 spiro atoms. The van der Waals surface area contributed by atoms with Crippen LogP contribution in [0.4, 0.5) is 0 Å². The Balaban J connectivity index is 1.26. The van der Waals surface area contributed by atoms with E-state index in [4.69, 9.17) is 0 Å². The number of rotatable bonds is 4. The van der Waals surface area contributed by atoms with E-state index in [1.165, 1.54) is 42.4 Å². The molecule has 1 N–H and O–H groups in total. The molecular weight excluding hydrogens is 364 g/mol. The summed E-state index contributed by atoms with van der Waals surface area (Å²) in [6, 6.07) is 7.51. The van der Waals surface area contributed by atoms with Crippen LogP contribution in [0.2, 0.25) is 0 Å². The summed E-state index contributed by atoms with van der Waals surface area (Å²) in [5.41, 5.74) is -0.153. The number of nitrogens with one attached hydrogen (secondary N) is 1. The Morgan fingerprint density at radius 2 is 1.81 bits per heavy atom. The second kappa shape index (κ2) is 6.34. The van der Waals surface area contributed by atoms with E-state index >= 15 is 0 Å². The molecule has 1 aromatic carbocycles. The average Bonchev–Trinajstić information content (AvgIpc) is 2.58. The number of nitrogens with zero attached hydrogens (tertiary/aromatic N) is 1. The van der Waals surface area contributed by atoms with Gasteiger partial charge in [-0.2, -0.15) is 4.98 Å². The topological polar surface area (TPSA) is 59.1 Å². The van der Waals surface area contributed by atoms with Crippen molar-refractivity contribution in [2.45, 2.75) is 48.4 Å². The van der Waals surface area contributed by atoms with Gasteiger partial charge in [0.25, 0.3) is 5.56 Å². The molecule has 1 heterocycles. The van der Waals surface area contributed by atoms with Crippen molar-refractivity contribution < 1.29 is 4.79 Å². The maximum absolute atomic E-state index is 12.6. The van der Waals surface area contributed by atoms with Gasteiger partial charge in [0.2, 0.25) is 5.91 Å². The van der Waals surface area contributed by atoms with Gasteiger partial charge < -0.3 is 5.32 Å². The molecule has 1 aromatic heterocycles. The average molecular weight is 387 g/mol. The van der Waals surface area contributed by atoms with Gasteiger partial charge in [0.1, 0.15) is 0 Å². The summed E-state index contributed by atoms with van der Waals surface area (Å²) in [5.74, 6) is 2.89. The molecule has 136 valence electrons. The zero-order valence-corrected chi connectivity index (χ0v) is 16.2. The Kier molecular flexibility index (Phi) is 4.09. The van der Waals surface area contributed by atoms with Crippen LogP contribution < -0.4 is 10.9 Å². The van der Waals surface area contributed by atoms with Gasteiger partial charge in [-0.15, -0.1) is 11.3 Å². The van der Waals surface area contributed by atoms with Crippen LogP contribution in [-0.2, 0) is 4.79 Å². The highest BCUT2D eigenvalue weighted by Gasteiger charge is 2.51. The Bertz CT molecular complexity index is 888. The van der Waals surface area contributed by atoms with Crippen LogP contribution in [-0.4, -0.2) is 22.2 Å². The molecule has 0 radical (unpaired) electrons. The summed E-state index contributed by atoms with van der Waals surface area (Å²) >= 11 is 2.87. The maximum Gasteiger partial charge on any atom is 0.280 e. The third-order valence-electron chi connectivity index (χ3n) is 6.28. The first kappa shape index (κ1) is 16.8. The van der Waals surface area contributed by atoms with Crippen molar-refractivity contribution in [2.24, 2.45) is 17.8 Å². The molecule has 6 heteroatoms. The summed E-state index contributed by atoms with van der Waals surface area (Å²) in [7, 11) is 0. The summed E-state index contributed by atoms with van der Waals surface area (Å²) in [5, 5.41) is 4.04. The number of benzene rings is 1. The van der Waals surface area contributed by atoms with Crippen LogP contribution in [0.25, 0.3) is 10.1 Å². The fraction of sp³-hybridized carbons (Fsp3) is 0.550. The largest absolute Gasteiger partial charge is 0.350 e. The predicted octanol–water partition coefficient (Wildman–Crippen LogP) is 3.83. The normalized spacial score (nSPS) is 32.1. The SMILES string of the molecule is O=C(CSc1nc(=O)c2ccccc2s1)NC12CC3CC(CC(C3)C1)C2. The standard InChI is InChI=1S/C20H22N2O2S2/c23-17(22-20-8-12-5-13(9-20)7-14(6-12)10-20)11-25-19-21-18(24)15-3-1-2-4-16(15)26-19/h1-4,12-14H,5-11H2,(H,22,23). The molecule has 4 bridgehead atoms. The highest BCUT2D eigenvalue weighted by Crippen LogP contribution is 2.55. The smallest absolute Gasteiger partial charge is 0.280 e. The summed E-state index contributed by atoms with van der Waals surface area (Å²) < 4.78 is 1.60. The Hall–Kier alpha value is -1.40. The molecule has 0 unspecified atom stereocenters. The van der Waals surface area contributed by atoms with Crippen LogP contribution in [0.1, 0.15) is 38.5 Å². The van der Waals surface area contributed by atoms with E-state index < -0.39 is 0 Å². The van der Waals surface area contributed by atoms with E-state index in [0.717, 1.165) is 41.7 Å². The molecule has 2 aromatic rings. The van der Waals surface area contributed by atoms with Gasteiger partial charge in [0.15, 0.2) is 4.34 Å². The van der Waals surface area contributed by atoms with Gasteiger partial charge in [-0.05, 0) is 68.4 Å². The molecule has 4 saturated carbocycles. The van der Waals surface area contributed by atoms with E-state index in [9.17, 15) is 9.59 Å². The molecule has 6 rings (SSSR count). The van der Waals surface area contributed by atoms with Crippen molar-refractivity contribution in [2.75, 3.05) is 5.75 Å². The van der Waals surface area contributed by atoms with Gasteiger partial charge in [-0.25, -0.2) is 0 Å². The number of fused-ring (bicyclic) bond motifs is 1. The lowest BCUT2D eigenvalue weighted by molar-refractivity contribution is -0.124. The first-order valence-electron chi connectivity index (χ1n) is 9.42. The Labute approximate surface area is 160 Å². The number of carbonyl (C=O) groups is 1. The fourth-order valence-corrected chi connectivity index (χ4v) is 7.66. The number of hydrogen-bond acceptors (Lipinski definition) is 5. The molecule has 4 nitrogen and oxygen atoms in total. The molecule has 4 aliphatic carbocycles. The van der Waals surface area contributed by atoms with Crippen LogP contribution >= 0.6 is 23.1 Å². The van der Waals surface area contributed by atoms with Crippen molar-refractivity contribution in [1.82, 2.24) is 10.3 Å². The first-order chi connectivity index (χ1) is 12.6. The van der Waals surface area contributed by atoms with E-state index in [2.05, 4.69) is 10.3 Å². The van der Waals surface area contributed by atoms with Crippen LogP contribution in [0.3, 0.4) is 0 Å². The molecule has 4 aliphatic rings. The lowest BCUT2D eigenvalue weighted by Gasteiger charge is -2.56. The van der Waals surface area contributed by atoms with Gasteiger partial charge in [-0.3, -0.25) is 9.59 Å². The van der Waals surface area contributed by atoms with Crippen molar-refractivity contribution in [3.05, 3.63) is 34.6 Å². The Morgan fingerprint density at radius 1 is 1.15 bits per heavy atom. The second-order valence-corrected chi connectivity index (χ2v) is 10.6. The lowest BCUT2D eigenvalue weighted by Crippen LogP contribution is -2.60. The third kappa shape index (κ3) is 3.07. The highest BCUT2D eigenvalue weighted by atomic mass is 32.2. The molecular formula is C20H22N2O2S2. The van der Waals surface area contributed by atoms with Crippen molar-refractivity contribution in [3.8, 4) is 0 Å². The van der Waals surface area contributed by atoms with E-state index in [1.54, 1.807) is 6.07 Å². The minimum absolute atomic E-state index is 0.0519. The molecule has 0 aliphatic heterocycles. The van der Waals surface area contributed by atoms with Crippen LogP contribution in [0, 0.1) is 17.8 Å². The number of thioether (sulfide) groups is 1. The van der Waals surface area contributed by atoms with Crippen LogP contribution in [0.5, 0.6) is 0 Å². The monoisotopic (exact) mass is 386 g/mol. The minimum Gasteiger partial charge on any atom is -0.350 e.